The van der Waals surface area contributed by atoms with E-state index in [0.717, 1.165) is 24.2 Å². The van der Waals surface area contributed by atoms with E-state index < -0.39 is 10.0 Å². The molecule has 0 spiro atoms. The van der Waals surface area contributed by atoms with Gasteiger partial charge in [0.15, 0.2) is 9.34 Å². The second kappa shape index (κ2) is 5.79. The number of thiazole rings is 1. The van der Waals surface area contributed by atoms with Gasteiger partial charge in [0, 0.05) is 13.1 Å². The molecule has 0 aliphatic carbocycles. The highest BCUT2D eigenvalue weighted by Gasteiger charge is 2.27. The summed E-state index contributed by atoms with van der Waals surface area (Å²) >= 11 is 1.04. The molecule has 1 aromatic rings. The first kappa shape index (κ1) is 14.4. The molecule has 0 radical (unpaired) electrons. The summed E-state index contributed by atoms with van der Waals surface area (Å²) in [5.41, 5.74) is 6.03. The molecule has 0 aliphatic heterocycles. The minimum atomic E-state index is -3.42. The number of anilines is 1. The minimum Gasteiger partial charge on any atom is -0.375 e. The summed E-state index contributed by atoms with van der Waals surface area (Å²) in [5, 5.41) is 0.299. The van der Waals surface area contributed by atoms with E-state index in [4.69, 9.17) is 5.73 Å². The lowest BCUT2D eigenvalue weighted by Crippen LogP contribution is -2.31. The van der Waals surface area contributed by atoms with Crippen LogP contribution >= 0.6 is 11.3 Å². The van der Waals surface area contributed by atoms with Crippen molar-refractivity contribution in [2.75, 3.05) is 18.8 Å². The molecule has 0 aliphatic rings. The summed E-state index contributed by atoms with van der Waals surface area (Å²) in [6, 6.07) is 0. The zero-order valence-corrected chi connectivity index (χ0v) is 12.1. The monoisotopic (exact) mass is 277 g/mol. The third kappa shape index (κ3) is 3.17. The smallest absolute Gasteiger partial charge is 0.254 e. The highest BCUT2D eigenvalue weighted by Crippen LogP contribution is 2.27. The molecule has 0 aromatic carbocycles. The number of aryl methyl sites for hydroxylation is 1. The third-order valence-corrected chi connectivity index (χ3v) is 6.01. The van der Waals surface area contributed by atoms with Gasteiger partial charge in [0.1, 0.15) is 0 Å². The molecular weight excluding hydrogens is 258 g/mol. The zero-order valence-electron chi connectivity index (χ0n) is 10.4. The molecule has 0 saturated carbocycles. The zero-order chi connectivity index (χ0) is 13.1. The number of hydrogen-bond donors (Lipinski definition) is 1. The van der Waals surface area contributed by atoms with Crippen molar-refractivity contribution in [3.8, 4) is 0 Å². The Balaban J connectivity index is 3.04. The van der Waals surface area contributed by atoms with Gasteiger partial charge in [-0.15, -0.1) is 0 Å². The van der Waals surface area contributed by atoms with Crippen LogP contribution < -0.4 is 5.73 Å². The standard InChI is InChI=1S/C10H19N3O2S2/c1-4-6-7-13(5-2)17(14,15)9-8(3)12-10(11)16-9/h4-7H2,1-3H3,(H2,11,12). The van der Waals surface area contributed by atoms with E-state index in [1.54, 1.807) is 6.92 Å². The fourth-order valence-electron chi connectivity index (χ4n) is 1.54. The Morgan fingerprint density at radius 1 is 1.41 bits per heavy atom. The summed E-state index contributed by atoms with van der Waals surface area (Å²) in [7, 11) is -3.42. The number of hydrogen-bond acceptors (Lipinski definition) is 5. The fourth-order valence-corrected chi connectivity index (χ4v) is 4.46. The molecule has 98 valence electrons. The van der Waals surface area contributed by atoms with E-state index in [-0.39, 0.29) is 4.21 Å². The van der Waals surface area contributed by atoms with Crippen LogP contribution in [0.3, 0.4) is 0 Å². The van der Waals surface area contributed by atoms with Gasteiger partial charge < -0.3 is 5.73 Å². The van der Waals surface area contributed by atoms with Crippen molar-refractivity contribution in [1.29, 1.82) is 0 Å². The number of rotatable bonds is 6. The quantitative estimate of drug-likeness (QED) is 0.861. The van der Waals surface area contributed by atoms with Gasteiger partial charge in [0.05, 0.1) is 5.69 Å². The molecule has 0 fully saturated rings. The Hall–Kier alpha value is -0.660. The lowest BCUT2D eigenvalue weighted by Gasteiger charge is -2.19. The average Bonchev–Trinajstić information content (AvgIpc) is 2.59. The van der Waals surface area contributed by atoms with Crippen LogP contribution in [0.2, 0.25) is 0 Å². The van der Waals surface area contributed by atoms with E-state index in [0.29, 0.717) is 23.9 Å². The van der Waals surface area contributed by atoms with E-state index in [2.05, 4.69) is 4.98 Å². The van der Waals surface area contributed by atoms with Gasteiger partial charge in [-0.2, -0.15) is 4.31 Å². The lowest BCUT2D eigenvalue weighted by atomic mass is 10.3. The SMILES string of the molecule is CCCCN(CC)S(=O)(=O)c1sc(N)nc1C. The van der Waals surface area contributed by atoms with E-state index in [1.807, 2.05) is 13.8 Å². The summed E-state index contributed by atoms with van der Waals surface area (Å²) in [4.78, 5) is 3.96. The largest absolute Gasteiger partial charge is 0.375 e. The third-order valence-electron chi connectivity index (χ3n) is 2.46. The molecule has 0 atom stereocenters. The van der Waals surface area contributed by atoms with Gasteiger partial charge in [0.2, 0.25) is 0 Å². The molecule has 0 bridgehead atoms. The van der Waals surface area contributed by atoms with Gasteiger partial charge in [-0.1, -0.05) is 31.6 Å². The minimum absolute atomic E-state index is 0.271. The van der Waals surface area contributed by atoms with Crippen LogP contribution in [0.15, 0.2) is 4.21 Å². The Kier molecular flexibility index (Phi) is 4.91. The van der Waals surface area contributed by atoms with E-state index >= 15 is 0 Å². The summed E-state index contributed by atoms with van der Waals surface area (Å²) < 4.78 is 26.4. The highest BCUT2D eigenvalue weighted by molar-refractivity contribution is 7.91. The summed E-state index contributed by atoms with van der Waals surface area (Å²) in [5.74, 6) is 0. The number of nitrogens with zero attached hydrogens (tertiary/aromatic N) is 2. The van der Waals surface area contributed by atoms with Crippen molar-refractivity contribution in [1.82, 2.24) is 9.29 Å². The first-order valence-corrected chi connectivity index (χ1v) is 7.92. The Morgan fingerprint density at radius 2 is 2.06 bits per heavy atom. The van der Waals surface area contributed by atoms with Crippen molar-refractivity contribution in [2.45, 2.75) is 37.8 Å². The van der Waals surface area contributed by atoms with Gasteiger partial charge in [0.25, 0.3) is 10.0 Å². The van der Waals surface area contributed by atoms with Crippen LogP contribution in [0, 0.1) is 6.92 Å². The molecule has 0 saturated heterocycles. The predicted octanol–water partition coefficient (Wildman–Crippen LogP) is 1.84. The summed E-state index contributed by atoms with van der Waals surface area (Å²) in [6.45, 7) is 6.57. The molecule has 5 nitrogen and oxygen atoms in total. The maximum atomic E-state index is 12.3. The Labute approximate surface area is 107 Å². The molecule has 17 heavy (non-hydrogen) atoms. The summed E-state index contributed by atoms with van der Waals surface area (Å²) in [6.07, 6.45) is 1.83. The number of nitrogen functional groups attached to an aromatic ring is 1. The van der Waals surface area contributed by atoms with E-state index in [1.165, 1.54) is 4.31 Å². The second-order valence-electron chi connectivity index (χ2n) is 3.78. The maximum absolute atomic E-state index is 12.3. The van der Waals surface area contributed by atoms with Crippen LogP contribution in [0.1, 0.15) is 32.4 Å². The molecule has 1 rings (SSSR count). The number of aromatic nitrogens is 1. The predicted molar refractivity (Wildman–Crippen MR) is 70.6 cm³/mol. The van der Waals surface area contributed by atoms with Crippen molar-refractivity contribution in [3.05, 3.63) is 5.69 Å². The van der Waals surface area contributed by atoms with E-state index in [9.17, 15) is 8.42 Å². The molecule has 7 heteroatoms. The van der Waals surface area contributed by atoms with Crippen molar-refractivity contribution < 1.29 is 8.42 Å². The first-order chi connectivity index (χ1) is 7.93. The molecule has 0 unspecified atom stereocenters. The number of nitrogens with two attached hydrogens (primary N) is 1. The normalized spacial score (nSPS) is 12.2. The van der Waals surface area contributed by atoms with Crippen molar-refractivity contribution in [3.63, 3.8) is 0 Å². The fraction of sp³-hybridized carbons (Fsp3) is 0.700. The van der Waals surface area contributed by atoms with Crippen LogP contribution in [-0.2, 0) is 10.0 Å². The van der Waals surface area contributed by atoms with Crippen LogP contribution in [0.5, 0.6) is 0 Å². The first-order valence-electron chi connectivity index (χ1n) is 5.66. The Bertz CT molecular complexity index is 468. The second-order valence-corrected chi connectivity index (χ2v) is 6.94. The molecule has 1 aromatic heterocycles. The van der Waals surface area contributed by atoms with Crippen LogP contribution in [0.25, 0.3) is 0 Å². The number of unbranched alkanes of at least 4 members (excludes halogenated alkanes) is 1. The van der Waals surface area contributed by atoms with Crippen LogP contribution in [-0.4, -0.2) is 30.8 Å². The topological polar surface area (TPSA) is 76.3 Å². The van der Waals surface area contributed by atoms with Gasteiger partial charge >= 0.3 is 0 Å². The number of sulfonamides is 1. The van der Waals surface area contributed by atoms with Gasteiger partial charge in [-0.3, -0.25) is 0 Å². The van der Waals surface area contributed by atoms with Crippen molar-refractivity contribution in [2.24, 2.45) is 0 Å². The highest BCUT2D eigenvalue weighted by atomic mass is 32.2. The maximum Gasteiger partial charge on any atom is 0.254 e. The average molecular weight is 277 g/mol. The molecule has 2 N–H and O–H groups in total. The van der Waals surface area contributed by atoms with Gasteiger partial charge in [-0.25, -0.2) is 13.4 Å². The molecule has 1 heterocycles. The Morgan fingerprint density at radius 3 is 2.47 bits per heavy atom. The molecule has 0 amide bonds. The van der Waals surface area contributed by atoms with Crippen LogP contribution in [0.4, 0.5) is 5.13 Å². The van der Waals surface area contributed by atoms with Gasteiger partial charge in [-0.05, 0) is 13.3 Å². The van der Waals surface area contributed by atoms with Crippen molar-refractivity contribution >= 4 is 26.5 Å². The molecular formula is C10H19N3O2S2. The lowest BCUT2D eigenvalue weighted by molar-refractivity contribution is 0.420.